The van der Waals surface area contributed by atoms with Gasteiger partial charge in [0.05, 0.1) is 0 Å². The number of aromatic nitrogens is 2. The van der Waals surface area contributed by atoms with Gasteiger partial charge in [0.2, 0.25) is 0 Å². The number of hydrogen-bond donors (Lipinski definition) is 1. The molecular formula is C50H54GeN8O2. The molecule has 2 aromatic heterocycles. The van der Waals surface area contributed by atoms with Crippen molar-refractivity contribution in [1.82, 2.24) is 12.4 Å². The van der Waals surface area contributed by atoms with E-state index in [0.717, 1.165) is 123 Å². The van der Waals surface area contributed by atoms with Crippen LogP contribution in [0.15, 0.2) is 103 Å². The maximum atomic E-state index is 8.16. The third kappa shape index (κ3) is 5.43. The van der Waals surface area contributed by atoms with E-state index < -0.39 is 20.6 Å². The van der Waals surface area contributed by atoms with Crippen molar-refractivity contribution in [2.45, 2.75) is 97.6 Å². The molecule has 310 valence electrons. The van der Waals surface area contributed by atoms with Gasteiger partial charge in [0.15, 0.2) is 0 Å². The molecule has 6 heterocycles. The van der Waals surface area contributed by atoms with Gasteiger partial charge in [0, 0.05) is 0 Å². The first-order valence-corrected chi connectivity index (χ1v) is 26.8. The number of nitrogens with zero attached hydrogens (tertiary/aromatic N) is 7. The molecule has 5 atom stereocenters. The molecule has 0 radical (unpaired) electrons. The number of rotatable bonds is 6. The summed E-state index contributed by atoms with van der Waals surface area (Å²) in [6.45, 7) is 8.60. The topological polar surface area (TPSA) is 104 Å². The molecule has 10 nitrogen and oxygen atoms in total. The summed E-state index contributed by atoms with van der Waals surface area (Å²) >= 11 is -4.91. The van der Waals surface area contributed by atoms with Gasteiger partial charge in [-0.1, -0.05) is 0 Å². The predicted octanol–water partition coefficient (Wildman–Crippen LogP) is 9.59. The number of aliphatic imine (C=N–C) groups is 3. The molecule has 0 spiro atoms. The van der Waals surface area contributed by atoms with Gasteiger partial charge in [-0.3, -0.25) is 0 Å². The van der Waals surface area contributed by atoms with Crippen molar-refractivity contribution < 1.29 is 7.53 Å². The minimum atomic E-state index is -4.91. The van der Waals surface area contributed by atoms with E-state index in [1.54, 1.807) is 0 Å². The van der Waals surface area contributed by atoms with Gasteiger partial charge in [-0.15, -0.1) is 0 Å². The van der Waals surface area contributed by atoms with Crippen LogP contribution in [0.3, 0.4) is 0 Å². The molecule has 1 N–H and O–H groups in total. The molecular weight excluding hydrogens is 817 g/mol. The number of hydrogen-bond acceptors (Lipinski definition) is 8. The molecule has 4 aliphatic heterocycles. The van der Waals surface area contributed by atoms with Crippen LogP contribution in [0.5, 0.6) is 0 Å². The second-order valence-electron chi connectivity index (χ2n) is 19.9. The number of fused-ring (bicyclic) bond motifs is 16. The van der Waals surface area contributed by atoms with E-state index in [9.17, 15) is 0 Å². The molecule has 2 aromatic carbocycles. The van der Waals surface area contributed by atoms with Gasteiger partial charge >= 0.3 is 362 Å². The zero-order valence-electron chi connectivity index (χ0n) is 35.5. The Morgan fingerprint density at radius 3 is 2.39 bits per heavy atom. The van der Waals surface area contributed by atoms with Crippen molar-refractivity contribution in [2.75, 3.05) is 13.2 Å². The molecule has 11 heteroatoms. The number of amidine groups is 3. The maximum absolute atomic E-state index is 8.16. The van der Waals surface area contributed by atoms with Crippen molar-refractivity contribution in [3.05, 3.63) is 111 Å². The van der Waals surface area contributed by atoms with Gasteiger partial charge < -0.3 is 0 Å². The Labute approximate surface area is 360 Å². The van der Waals surface area contributed by atoms with Crippen LogP contribution in [-0.2, 0) is 13.9 Å². The SMILES string of the molecule is CC1CCC(C[O][Ge@@]2([O]CC3CCC4CC3C4(C)C)[N]3C4=Nc5[nH]c(c6c5C=CCC6)N=c5c6ccccc6c([n]52)=NC2=NC(=NC3c3ccccc34)C3=C2C=CCC3)CC1. The van der Waals surface area contributed by atoms with Gasteiger partial charge in [-0.05, 0) is 0 Å². The Kier molecular flexibility index (Phi) is 8.28. The Bertz CT molecular complexity index is 2860. The van der Waals surface area contributed by atoms with Crippen molar-refractivity contribution >= 4 is 60.4 Å². The third-order valence-corrected chi connectivity index (χ3v) is 22.8. The summed E-state index contributed by atoms with van der Waals surface area (Å²) in [5.74, 6) is 6.99. The van der Waals surface area contributed by atoms with E-state index >= 15 is 0 Å². The fourth-order valence-electron chi connectivity index (χ4n) is 12.6. The monoisotopic (exact) mass is 872 g/mol. The van der Waals surface area contributed by atoms with E-state index in [1.807, 2.05) is 0 Å². The number of nitrogens with one attached hydrogen (secondary N) is 1. The van der Waals surface area contributed by atoms with Crippen LogP contribution in [0.25, 0.3) is 16.8 Å². The van der Waals surface area contributed by atoms with Crippen LogP contribution in [0.1, 0.15) is 113 Å². The van der Waals surface area contributed by atoms with Crippen LogP contribution >= 0.6 is 0 Å². The average molecular weight is 872 g/mol. The van der Waals surface area contributed by atoms with Gasteiger partial charge in [0.1, 0.15) is 0 Å². The van der Waals surface area contributed by atoms with Crippen molar-refractivity contribution in [1.29, 1.82) is 0 Å². The first kappa shape index (κ1) is 37.0. The van der Waals surface area contributed by atoms with E-state index in [0.29, 0.717) is 42.2 Å². The van der Waals surface area contributed by atoms with E-state index in [2.05, 4.69) is 106 Å². The quantitative estimate of drug-likeness (QED) is 0.195. The van der Waals surface area contributed by atoms with Crippen molar-refractivity contribution in [2.24, 2.45) is 60.0 Å². The number of allylic oxidation sites excluding steroid dienone is 2. The summed E-state index contributed by atoms with van der Waals surface area (Å²) in [4.78, 5) is 32.2. The average Bonchev–Trinajstić information content (AvgIpc) is 4.01. The molecule has 4 aromatic rings. The summed E-state index contributed by atoms with van der Waals surface area (Å²) in [6, 6.07) is 17.5. The zero-order valence-corrected chi connectivity index (χ0v) is 37.6. The molecule has 4 saturated carbocycles. The second-order valence-corrected chi connectivity index (χ2v) is 25.4. The van der Waals surface area contributed by atoms with Gasteiger partial charge in [0.25, 0.3) is 0 Å². The summed E-state index contributed by atoms with van der Waals surface area (Å²) in [7, 11) is 0. The van der Waals surface area contributed by atoms with Crippen LogP contribution in [0, 0.1) is 35.0 Å². The second kappa shape index (κ2) is 13.7. The molecule has 0 amide bonds. The molecule has 4 unspecified atom stereocenters. The Balaban J connectivity index is 1.16. The van der Waals surface area contributed by atoms with Crippen LogP contribution in [0.2, 0.25) is 0 Å². The first-order chi connectivity index (χ1) is 29.9. The van der Waals surface area contributed by atoms with Crippen LogP contribution in [0.4, 0.5) is 11.6 Å². The molecule has 4 fully saturated rings. The Morgan fingerprint density at radius 1 is 0.787 bits per heavy atom. The number of aromatic amines is 1. The van der Waals surface area contributed by atoms with Gasteiger partial charge in [-0.2, -0.15) is 0 Å². The molecule has 61 heavy (non-hydrogen) atoms. The summed E-state index contributed by atoms with van der Waals surface area (Å²) in [6.07, 6.45) is 20.6. The van der Waals surface area contributed by atoms with E-state index in [4.69, 9.17) is 32.5 Å². The first-order valence-electron chi connectivity index (χ1n) is 23.2. The molecule has 6 aliphatic carbocycles. The Hall–Kier alpha value is -4.65. The zero-order chi connectivity index (χ0) is 40.6. The van der Waals surface area contributed by atoms with Crippen molar-refractivity contribution in [3.8, 4) is 0 Å². The molecule has 8 bridgehead atoms. The number of H-pyrrole nitrogens is 1. The fourth-order valence-corrected chi connectivity index (χ4v) is 20.0. The minimum absolute atomic E-state index is 0.309. The summed E-state index contributed by atoms with van der Waals surface area (Å²) in [5, 5.41) is 2.06. The van der Waals surface area contributed by atoms with Crippen LogP contribution in [-0.4, -0.2) is 57.5 Å². The standard InChI is InChI=1S/C50H54GeN8O2/c1-29-20-22-30(23-21-29)27-60-51(61-28-31-24-25-32-26-41(31)50(32,2)3)58-46-37-16-8-9-17-38(37)48(58)56-44-35-14-6-7-15-36(35)45(53-44)57-49-40-19-11-10-18-39(40)47(59(49)51)55-43-34-13-5-4-12-33(34)42(52-43)54-46/h4,7-12,15-19,29-32,41,47,53H,5-6,13-14,20-28H2,1-3H3/t29?,30?,31?,32?,41?,47?,51-/m0/s1. The molecule has 0 saturated heterocycles. The van der Waals surface area contributed by atoms with Crippen molar-refractivity contribution in [3.63, 3.8) is 0 Å². The predicted molar refractivity (Wildman–Crippen MR) is 242 cm³/mol. The number of benzene rings is 2. The van der Waals surface area contributed by atoms with Gasteiger partial charge in [-0.25, -0.2) is 0 Å². The summed E-state index contributed by atoms with van der Waals surface area (Å²) < 4.78 is 21.1. The molecule has 14 rings (SSSR count). The van der Waals surface area contributed by atoms with E-state index in [-0.39, 0.29) is 0 Å². The van der Waals surface area contributed by atoms with E-state index in [1.165, 1.54) is 37.7 Å². The normalized spacial score (nSPS) is 30.9. The third-order valence-electron chi connectivity index (χ3n) is 16.2. The fraction of sp³-hybridized carbons (Fsp3) is 0.460. The summed E-state index contributed by atoms with van der Waals surface area (Å²) in [5.41, 5.74) is 8.64. The Morgan fingerprint density at radius 2 is 1.56 bits per heavy atom. The van der Waals surface area contributed by atoms with Crippen LogP contribution < -0.4 is 11.0 Å². The molecule has 10 aliphatic rings.